The number of aliphatic hydroxyl groups excluding tert-OH is 1. The van der Waals surface area contributed by atoms with Gasteiger partial charge in [-0.25, -0.2) is 0 Å². The zero-order valence-corrected chi connectivity index (χ0v) is 17.2. The summed E-state index contributed by atoms with van der Waals surface area (Å²) in [7, 11) is 0. The van der Waals surface area contributed by atoms with E-state index in [1.165, 1.54) is 18.4 Å². The van der Waals surface area contributed by atoms with E-state index in [9.17, 15) is 9.90 Å². The van der Waals surface area contributed by atoms with Gasteiger partial charge in [-0.3, -0.25) is 4.79 Å². The fourth-order valence-corrected chi connectivity index (χ4v) is 4.74. The summed E-state index contributed by atoms with van der Waals surface area (Å²) >= 11 is 0. The molecule has 0 radical (unpaired) electrons. The molecular formula is C25H32N2O2. The van der Waals surface area contributed by atoms with Gasteiger partial charge < -0.3 is 14.9 Å². The minimum atomic E-state index is -0.288. The van der Waals surface area contributed by atoms with Crippen molar-refractivity contribution in [1.29, 1.82) is 0 Å². The highest BCUT2D eigenvalue weighted by Gasteiger charge is 2.29. The van der Waals surface area contributed by atoms with E-state index in [-0.39, 0.29) is 17.9 Å². The van der Waals surface area contributed by atoms with Gasteiger partial charge in [0.15, 0.2) is 0 Å². The van der Waals surface area contributed by atoms with E-state index in [1.807, 2.05) is 41.3 Å². The lowest BCUT2D eigenvalue weighted by atomic mass is 9.88. The second-order valence-corrected chi connectivity index (χ2v) is 8.43. The maximum atomic E-state index is 13.2. The topological polar surface area (TPSA) is 43.8 Å². The SMILES string of the molecule is O=C(c1ccccc1N1CCCC1)N1CCC(C(O)CCc2ccccc2)CC1. The largest absolute Gasteiger partial charge is 0.393 e. The standard InChI is InChI=1S/C25H32N2O2/c28-24(13-12-20-8-2-1-3-9-20)21-14-18-27(19-15-21)25(29)22-10-4-5-11-23(22)26-16-6-7-17-26/h1-5,8-11,21,24,28H,6-7,12-19H2. The number of hydrogen-bond acceptors (Lipinski definition) is 3. The van der Waals surface area contributed by atoms with E-state index < -0.39 is 0 Å². The lowest BCUT2D eigenvalue weighted by molar-refractivity contribution is 0.0437. The smallest absolute Gasteiger partial charge is 0.255 e. The molecule has 4 rings (SSSR count). The number of rotatable bonds is 6. The van der Waals surface area contributed by atoms with Gasteiger partial charge in [0.05, 0.1) is 11.7 Å². The minimum absolute atomic E-state index is 0.143. The van der Waals surface area contributed by atoms with Crippen molar-refractivity contribution in [1.82, 2.24) is 4.90 Å². The molecule has 1 atom stereocenters. The van der Waals surface area contributed by atoms with Crippen LogP contribution >= 0.6 is 0 Å². The van der Waals surface area contributed by atoms with Crippen LogP contribution in [0, 0.1) is 5.92 Å². The Labute approximate surface area is 174 Å². The molecule has 4 heteroatoms. The van der Waals surface area contributed by atoms with Gasteiger partial charge in [0, 0.05) is 31.9 Å². The van der Waals surface area contributed by atoms with Crippen LogP contribution in [0.1, 0.15) is 48.0 Å². The van der Waals surface area contributed by atoms with E-state index in [1.54, 1.807) is 0 Å². The quantitative estimate of drug-likeness (QED) is 0.804. The van der Waals surface area contributed by atoms with Crippen LogP contribution in [0.15, 0.2) is 54.6 Å². The Morgan fingerprint density at radius 2 is 1.59 bits per heavy atom. The number of likely N-dealkylation sites (tertiary alicyclic amines) is 1. The summed E-state index contributed by atoms with van der Waals surface area (Å²) in [6, 6.07) is 18.4. The summed E-state index contributed by atoms with van der Waals surface area (Å²) in [5.41, 5.74) is 3.19. The Kier molecular flexibility index (Phi) is 6.50. The van der Waals surface area contributed by atoms with Crippen LogP contribution in [-0.2, 0) is 6.42 Å². The first-order valence-electron chi connectivity index (χ1n) is 11.1. The normalized spacial score (nSPS) is 18.8. The Morgan fingerprint density at radius 3 is 2.31 bits per heavy atom. The Hall–Kier alpha value is -2.33. The van der Waals surface area contributed by atoms with Crippen LogP contribution < -0.4 is 4.90 Å². The molecule has 4 nitrogen and oxygen atoms in total. The molecule has 0 bridgehead atoms. The third-order valence-corrected chi connectivity index (χ3v) is 6.52. The molecule has 1 unspecified atom stereocenters. The molecule has 1 N–H and O–H groups in total. The van der Waals surface area contributed by atoms with Crippen LogP contribution in [0.4, 0.5) is 5.69 Å². The third kappa shape index (κ3) is 4.81. The number of anilines is 1. The van der Waals surface area contributed by atoms with Crippen molar-refractivity contribution in [3.8, 4) is 0 Å². The molecule has 2 fully saturated rings. The number of carbonyl (C=O) groups is 1. The highest BCUT2D eigenvalue weighted by atomic mass is 16.3. The molecule has 0 saturated carbocycles. The van der Waals surface area contributed by atoms with Crippen LogP contribution in [-0.4, -0.2) is 48.2 Å². The van der Waals surface area contributed by atoms with E-state index in [0.717, 1.165) is 63.1 Å². The van der Waals surface area contributed by atoms with Crippen molar-refractivity contribution >= 4 is 11.6 Å². The van der Waals surface area contributed by atoms with Crippen LogP contribution in [0.5, 0.6) is 0 Å². The lowest BCUT2D eigenvalue weighted by Crippen LogP contribution is -2.41. The lowest BCUT2D eigenvalue weighted by Gasteiger charge is -2.35. The second kappa shape index (κ2) is 9.45. The zero-order valence-electron chi connectivity index (χ0n) is 17.2. The summed E-state index contributed by atoms with van der Waals surface area (Å²) in [6.07, 6.45) is 5.58. The van der Waals surface area contributed by atoms with Gasteiger partial charge in [-0.2, -0.15) is 0 Å². The van der Waals surface area contributed by atoms with E-state index in [0.29, 0.717) is 0 Å². The maximum absolute atomic E-state index is 13.2. The number of hydrogen-bond donors (Lipinski definition) is 1. The van der Waals surface area contributed by atoms with Crippen molar-refractivity contribution in [2.75, 3.05) is 31.1 Å². The van der Waals surface area contributed by atoms with Gasteiger partial charge in [0.1, 0.15) is 0 Å². The average molecular weight is 393 g/mol. The molecule has 2 aromatic rings. The third-order valence-electron chi connectivity index (χ3n) is 6.52. The predicted molar refractivity (Wildman–Crippen MR) is 117 cm³/mol. The molecule has 2 heterocycles. The molecular weight excluding hydrogens is 360 g/mol. The van der Waals surface area contributed by atoms with Crippen molar-refractivity contribution in [3.05, 3.63) is 65.7 Å². The van der Waals surface area contributed by atoms with E-state index >= 15 is 0 Å². The number of aryl methyl sites for hydroxylation is 1. The van der Waals surface area contributed by atoms with Gasteiger partial charge in [0.2, 0.25) is 0 Å². The molecule has 0 spiro atoms. The Bertz CT molecular complexity index is 793. The summed E-state index contributed by atoms with van der Waals surface area (Å²) in [6.45, 7) is 3.56. The van der Waals surface area contributed by atoms with Crippen LogP contribution in [0.2, 0.25) is 0 Å². The zero-order chi connectivity index (χ0) is 20.1. The van der Waals surface area contributed by atoms with E-state index in [2.05, 4.69) is 23.1 Å². The minimum Gasteiger partial charge on any atom is -0.393 e. The van der Waals surface area contributed by atoms with Gasteiger partial charge in [0.25, 0.3) is 5.91 Å². The van der Waals surface area contributed by atoms with Gasteiger partial charge in [-0.05, 0) is 62.1 Å². The maximum Gasteiger partial charge on any atom is 0.255 e. The van der Waals surface area contributed by atoms with Crippen molar-refractivity contribution in [2.24, 2.45) is 5.92 Å². The molecule has 1 amide bonds. The highest BCUT2D eigenvalue weighted by molar-refractivity contribution is 6.00. The first-order valence-corrected chi connectivity index (χ1v) is 11.1. The number of aliphatic hydroxyl groups is 1. The van der Waals surface area contributed by atoms with Crippen molar-refractivity contribution in [3.63, 3.8) is 0 Å². The van der Waals surface area contributed by atoms with Crippen LogP contribution in [0.25, 0.3) is 0 Å². The monoisotopic (exact) mass is 392 g/mol. The fourth-order valence-electron chi connectivity index (χ4n) is 4.74. The predicted octanol–water partition coefficient (Wildman–Crippen LogP) is 4.13. The molecule has 2 aliphatic heterocycles. The fraction of sp³-hybridized carbons (Fsp3) is 0.480. The number of carbonyl (C=O) groups excluding carboxylic acids is 1. The first-order chi connectivity index (χ1) is 14.2. The summed E-state index contributed by atoms with van der Waals surface area (Å²) < 4.78 is 0. The summed E-state index contributed by atoms with van der Waals surface area (Å²) in [4.78, 5) is 17.5. The van der Waals surface area contributed by atoms with Crippen molar-refractivity contribution < 1.29 is 9.90 Å². The van der Waals surface area contributed by atoms with Crippen molar-refractivity contribution in [2.45, 2.75) is 44.6 Å². The number of amides is 1. The summed E-state index contributed by atoms with van der Waals surface area (Å²) in [5, 5.41) is 10.7. The number of nitrogens with zero attached hydrogens (tertiary/aromatic N) is 2. The highest BCUT2D eigenvalue weighted by Crippen LogP contribution is 2.28. The van der Waals surface area contributed by atoms with Gasteiger partial charge in [-0.1, -0.05) is 42.5 Å². The first kappa shape index (κ1) is 20.0. The molecule has 0 aromatic heterocycles. The number of para-hydroxylation sites is 1. The molecule has 2 aliphatic rings. The Morgan fingerprint density at radius 1 is 0.931 bits per heavy atom. The molecule has 154 valence electrons. The number of benzene rings is 2. The summed E-state index contributed by atoms with van der Waals surface area (Å²) in [5.74, 6) is 0.432. The second-order valence-electron chi connectivity index (χ2n) is 8.43. The van der Waals surface area contributed by atoms with E-state index in [4.69, 9.17) is 0 Å². The van der Waals surface area contributed by atoms with Gasteiger partial charge in [-0.15, -0.1) is 0 Å². The Balaban J connectivity index is 1.32. The van der Waals surface area contributed by atoms with Crippen LogP contribution in [0.3, 0.4) is 0 Å². The molecule has 29 heavy (non-hydrogen) atoms. The molecule has 2 aromatic carbocycles. The van der Waals surface area contributed by atoms with Gasteiger partial charge >= 0.3 is 0 Å². The molecule has 2 saturated heterocycles. The number of piperidine rings is 1. The average Bonchev–Trinajstić information content (AvgIpc) is 3.33. The molecule has 0 aliphatic carbocycles.